The maximum absolute atomic E-state index is 12.4. The molecule has 0 fully saturated rings. The summed E-state index contributed by atoms with van der Waals surface area (Å²) in [6, 6.07) is 13.7. The van der Waals surface area contributed by atoms with Crippen molar-refractivity contribution in [1.29, 1.82) is 0 Å². The lowest BCUT2D eigenvalue weighted by Crippen LogP contribution is -1.99. The Kier molecular flexibility index (Phi) is 4.59. The lowest BCUT2D eigenvalue weighted by atomic mass is 10.3. The minimum Gasteiger partial charge on any atom is -0.460 e. The Hall–Kier alpha value is -2.84. The van der Waals surface area contributed by atoms with Crippen LogP contribution in [-0.4, -0.2) is 20.2 Å². The number of aromatic nitrogens is 2. The van der Waals surface area contributed by atoms with Gasteiger partial charge >= 0.3 is 0 Å². The summed E-state index contributed by atoms with van der Waals surface area (Å²) in [6.45, 7) is 0. The van der Waals surface area contributed by atoms with Gasteiger partial charge in [-0.3, -0.25) is 9.59 Å². The lowest BCUT2D eigenvalue weighted by Gasteiger charge is -2.07. The minimum atomic E-state index is -0.313. The molecule has 0 radical (unpaired) electrons. The second-order valence-corrected chi connectivity index (χ2v) is 6.98. The zero-order valence-electron chi connectivity index (χ0n) is 13.1. The molecule has 26 heavy (non-hydrogen) atoms. The summed E-state index contributed by atoms with van der Waals surface area (Å²) < 4.78 is 10.3. The van der Waals surface area contributed by atoms with Crippen LogP contribution in [0, 0.1) is 0 Å². The first kappa shape index (κ1) is 16.6. The highest BCUT2D eigenvalue weighted by Crippen LogP contribution is 2.33. The second-order valence-electron chi connectivity index (χ2n) is 5.06. The molecule has 3 heterocycles. The molecule has 0 N–H and O–H groups in total. The number of carbonyl (C=O) groups is 2. The molecule has 0 aliphatic heterocycles. The van der Waals surface area contributed by atoms with Gasteiger partial charge in [-0.05, 0) is 59.9 Å². The third kappa shape index (κ3) is 3.42. The highest BCUT2D eigenvalue weighted by molar-refractivity contribution is 8.16. The van der Waals surface area contributed by atoms with Crippen molar-refractivity contribution in [3.8, 4) is 0 Å². The molecule has 4 aromatic rings. The Morgan fingerprint density at radius 3 is 1.54 bits per heavy atom. The first-order chi connectivity index (χ1) is 12.7. The summed E-state index contributed by atoms with van der Waals surface area (Å²) >= 11 is 1.74. The van der Waals surface area contributed by atoms with Crippen LogP contribution < -0.4 is 0 Å². The predicted molar refractivity (Wildman–Crippen MR) is 97.3 cm³/mol. The molecule has 1 aromatic carbocycles. The molecular weight excluding hydrogens is 372 g/mol. The Labute approximate surface area is 156 Å². The van der Waals surface area contributed by atoms with E-state index in [0.29, 0.717) is 21.1 Å². The molecule has 0 spiro atoms. The van der Waals surface area contributed by atoms with Crippen molar-refractivity contribution < 1.29 is 18.4 Å². The summed E-state index contributed by atoms with van der Waals surface area (Å²) in [6.07, 6.45) is 2.85. The predicted octanol–water partition coefficient (Wildman–Crippen LogP) is 4.68. The fourth-order valence-electron chi connectivity index (χ4n) is 2.17. The van der Waals surface area contributed by atoms with Gasteiger partial charge in [-0.15, -0.1) is 0 Å². The molecule has 0 aliphatic carbocycles. The number of hydrogen-bond acceptors (Lipinski definition) is 8. The third-order valence-electron chi connectivity index (χ3n) is 3.33. The van der Waals surface area contributed by atoms with Crippen LogP contribution in [-0.2, 0) is 0 Å². The van der Waals surface area contributed by atoms with E-state index in [0.717, 1.165) is 23.5 Å². The Balaban J connectivity index is 1.71. The monoisotopic (exact) mass is 382 g/mol. The highest BCUT2D eigenvalue weighted by atomic mass is 32.2. The van der Waals surface area contributed by atoms with Gasteiger partial charge in [0.1, 0.15) is 10.1 Å². The highest BCUT2D eigenvalue weighted by Gasteiger charge is 2.21. The van der Waals surface area contributed by atoms with E-state index in [9.17, 15) is 9.59 Å². The van der Waals surface area contributed by atoms with Crippen molar-refractivity contribution >= 4 is 44.8 Å². The van der Waals surface area contributed by atoms with Crippen molar-refractivity contribution in [2.24, 2.45) is 0 Å². The second kappa shape index (κ2) is 7.19. The Morgan fingerprint density at radius 1 is 0.692 bits per heavy atom. The van der Waals surface area contributed by atoms with Gasteiger partial charge in [0.15, 0.2) is 11.5 Å². The number of para-hydroxylation sites is 2. The number of thioether (sulfide) groups is 2. The van der Waals surface area contributed by atoms with E-state index < -0.39 is 0 Å². The molecule has 6 nitrogen and oxygen atoms in total. The van der Waals surface area contributed by atoms with Crippen molar-refractivity contribution in [1.82, 2.24) is 9.97 Å². The minimum absolute atomic E-state index is 0.207. The largest absolute Gasteiger partial charge is 0.460 e. The average molecular weight is 382 g/mol. The Bertz CT molecular complexity index is 989. The van der Waals surface area contributed by atoms with E-state index in [1.807, 2.05) is 12.1 Å². The molecular formula is C18H10N2O4S2. The van der Waals surface area contributed by atoms with Crippen molar-refractivity contribution in [2.45, 2.75) is 10.1 Å². The van der Waals surface area contributed by atoms with Gasteiger partial charge in [0.25, 0.3) is 10.2 Å². The number of carbonyl (C=O) groups excluding carboxylic acids is 2. The van der Waals surface area contributed by atoms with Gasteiger partial charge in [0.05, 0.1) is 23.6 Å². The van der Waals surface area contributed by atoms with Crippen LogP contribution in [0.4, 0.5) is 0 Å². The maximum atomic E-state index is 12.4. The van der Waals surface area contributed by atoms with Crippen LogP contribution in [0.3, 0.4) is 0 Å². The van der Waals surface area contributed by atoms with Crippen molar-refractivity contribution in [3.63, 3.8) is 0 Å². The van der Waals surface area contributed by atoms with E-state index in [1.165, 1.54) is 12.5 Å². The molecule has 128 valence electrons. The van der Waals surface area contributed by atoms with Crippen LogP contribution in [0.25, 0.3) is 11.0 Å². The summed E-state index contributed by atoms with van der Waals surface area (Å²) in [5, 5.41) is 0.0590. The molecule has 0 unspecified atom stereocenters. The quantitative estimate of drug-likeness (QED) is 0.470. The summed E-state index contributed by atoms with van der Waals surface area (Å²) in [4.78, 5) is 33.7. The molecule has 0 atom stereocenters. The molecule has 0 amide bonds. The maximum Gasteiger partial charge on any atom is 0.260 e. The number of furan rings is 2. The van der Waals surface area contributed by atoms with Crippen molar-refractivity contribution in [2.75, 3.05) is 0 Å². The van der Waals surface area contributed by atoms with Gasteiger partial charge < -0.3 is 8.83 Å². The molecule has 0 saturated carbocycles. The van der Waals surface area contributed by atoms with E-state index in [4.69, 9.17) is 8.83 Å². The topological polar surface area (TPSA) is 86.2 Å². The Morgan fingerprint density at radius 2 is 1.15 bits per heavy atom. The fourth-order valence-corrected chi connectivity index (χ4v) is 3.75. The molecule has 0 aliphatic rings. The lowest BCUT2D eigenvalue weighted by molar-refractivity contribution is 0.105. The van der Waals surface area contributed by atoms with Crippen molar-refractivity contribution in [3.05, 3.63) is 72.6 Å². The first-order valence-electron chi connectivity index (χ1n) is 7.49. The van der Waals surface area contributed by atoms with Crippen LogP contribution in [0.2, 0.25) is 0 Å². The zero-order valence-corrected chi connectivity index (χ0v) is 14.8. The van der Waals surface area contributed by atoms with Gasteiger partial charge in [0, 0.05) is 0 Å². The first-order valence-corrected chi connectivity index (χ1v) is 9.12. The van der Waals surface area contributed by atoms with Gasteiger partial charge in [-0.2, -0.15) is 0 Å². The van der Waals surface area contributed by atoms with Gasteiger partial charge in [-0.25, -0.2) is 9.97 Å². The normalized spacial score (nSPS) is 10.9. The zero-order chi connectivity index (χ0) is 17.9. The number of nitrogens with zero attached hydrogens (tertiary/aromatic N) is 2. The summed E-state index contributed by atoms with van der Waals surface area (Å²) in [5.74, 6) is 0.413. The fraction of sp³-hybridized carbons (Fsp3) is 0. The summed E-state index contributed by atoms with van der Waals surface area (Å²) in [7, 11) is 0. The smallest absolute Gasteiger partial charge is 0.260 e. The number of rotatable bonds is 4. The van der Waals surface area contributed by atoms with Crippen LogP contribution in [0.15, 0.2) is 79.9 Å². The molecule has 3 aromatic heterocycles. The average Bonchev–Trinajstić information content (AvgIpc) is 3.36. The van der Waals surface area contributed by atoms with Crippen LogP contribution >= 0.6 is 23.5 Å². The molecule has 0 bridgehead atoms. The van der Waals surface area contributed by atoms with Crippen LogP contribution in [0.1, 0.15) is 21.1 Å². The number of hydrogen-bond donors (Lipinski definition) is 0. The number of fused-ring (bicyclic) bond motifs is 1. The SMILES string of the molecule is O=C(Sc1nc2ccccc2nc1SC(=O)c1ccco1)c1ccco1. The van der Waals surface area contributed by atoms with Gasteiger partial charge in [-0.1, -0.05) is 12.1 Å². The summed E-state index contributed by atoms with van der Waals surface area (Å²) in [5.41, 5.74) is 1.27. The number of benzene rings is 1. The van der Waals surface area contributed by atoms with E-state index in [2.05, 4.69) is 9.97 Å². The standard InChI is InChI=1S/C18H10N2O4S2/c21-17(13-7-3-9-23-13)25-15-16(26-18(22)14-8-4-10-24-14)20-12-6-2-1-5-11(12)19-15/h1-10H. The molecule has 4 rings (SSSR count). The van der Waals surface area contributed by atoms with E-state index >= 15 is 0 Å². The van der Waals surface area contributed by atoms with Crippen LogP contribution in [0.5, 0.6) is 0 Å². The van der Waals surface area contributed by atoms with E-state index in [-0.39, 0.29) is 21.8 Å². The molecule has 0 saturated heterocycles. The van der Waals surface area contributed by atoms with Gasteiger partial charge in [0.2, 0.25) is 0 Å². The van der Waals surface area contributed by atoms with E-state index in [1.54, 1.807) is 36.4 Å². The third-order valence-corrected chi connectivity index (χ3v) is 5.19. The molecule has 8 heteroatoms.